The van der Waals surface area contributed by atoms with Crippen molar-refractivity contribution in [2.75, 3.05) is 7.05 Å². The molecule has 1 aromatic heterocycles. The zero-order valence-corrected chi connectivity index (χ0v) is 12.7. The Labute approximate surface area is 121 Å². The van der Waals surface area contributed by atoms with Crippen molar-refractivity contribution in [1.29, 1.82) is 0 Å². The highest BCUT2D eigenvalue weighted by Gasteiger charge is 2.45. The van der Waals surface area contributed by atoms with E-state index in [1.807, 2.05) is 11.7 Å². The van der Waals surface area contributed by atoms with Crippen molar-refractivity contribution in [1.82, 2.24) is 15.1 Å². The first kappa shape index (κ1) is 13.4. The van der Waals surface area contributed by atoms with E-state index in [1.54, 1.807) is 0 Å². The lowest BCUT2D eigenvalue weighted by Crippen LogP contribution is -2.20. The molecule has 3 nitrogen and oxygen atoms in total. The average molecular weight is 269 g/mol. The van der Waals surface area contributed by atoms with Crippen molar-refractivity contribution in [2.45, 2.75) is 32.2 Å². The largest absolute Gasteiger partial charge is 0.313 e. The Kier molecular flexibility index (Phi) is 3.38. The van der Waals surface area contributed by atoms with Gasteiger partial charge in [-0.3, -0.25) is 4.68 Å². The van der Waals surface area contributed by atoms with Gasteiger partial charge in [0, 0.05) is 24.3 Å². The molecular weight excluding hydrogens is 246 g/mol. The van der Waals surface area contributed by atoms with Crippen LogP contribution < -0.4 is 5.32 Å². The third kappa shape index (κ3) is 2.16. The number of hydrogen-bond acceptors (Lipinski definition) is 2. The van der Waals surface area contributed by atoms with E-state index < -0.39 is 0 Å². The summed E-state index contributed by atoms with van der Waals surface area (Å²) in [7, 11) is 4.09. The molecule has 0 saturated heterocycles. The number of aromatic nitrogens is 2. The molecule has 1 heterocycles. The summed E-state index contributed by atoms with van der Waals surface area (Å²) < 4.78 is 1.99. The van der Waals surface area contributed by atoms with Gasteiger partial charge in [-0.15, -0.1) is 0 Å². The maximum Gasteiger partial charge on any atom is 0.0644 e. The minimum Gasteiger partial charge on any atom is -0.313 e. The van der Waals surface area contributed by atoms with Gasteiger partial charge in [0.2, 0.25) is 0 Å². The van der Waals surface area contributed by atoms with Gasteiger partial charge in [-0.25, -0.2) is 0 Å². The Morgan fingerprint density at radius 2 is 1.95 bits per heavy atom. The molecule has 3 unspecified atom stereocenters. The molecule has 3 heteroatoms. The van der Waals surface area contributed by atoms with Crippen molar-refractivity contribution in [3.63, 3.8) is 0 Å². The van der Waals surface area contributed by atoms with Crippen molar-refractivity contribution < 1.29 is 0 Å². The summed E-state index contributed by atoms with van der Waals surface area (Å²) in [6, 6.07) is 11.3. The van der Waals surface area contributed by atoms with Crippen LogP contribution in [0.4, 0.5) is 0 Å². The van der Waals surface area contributed by atoms with Crippen LogP contribution in [0.2, 0.25) is 0 Å². The van der Waals surface area contributed by atoms with Crippen LogP contribution in [-0.2, 0) is 7.05 Å². The summed E-state index contributed by atoms with van der Waals surface area (Å²) in [6.07, 6.45) is 1.27. The number of aryl methyl sites for hydroxylation is 2. The van der Waals surface area contributed by atoms with E-state index >= 15 is 0 Å². The predicted octanol–water partition coefficient (Wildman–Crippen LogP) is 3.10. The van der Waals surface area contributed by atoms with Gasteiger partial charge in [0.1, 0.15) is 0 Å². The van der Waals surface area contributed by atoms with Gasteiger partial charge in [0.15, 0.2) is 0 Å². The first-order valence-corrected chi connectivity index (χ1v) is 7.35. The van der Waals surface area contributed by atoms with E-state index in [-0.39, 0.29) is 0 Å². The predicted molar refractivity (Wildman–Crippen MR) is 81.8 cm³/mol. The first-order valence-electron chi connectivity index (χ1n) is 7.35. The zero-order valence-electron chi connectivity index (χ0n) is 12.7. The third-order valence-corrected chi connectivity index (χ3v) is 4.68. The molecule has 3 rings (SSSR count). The second kappa shape index (κ2) is 5.06. The normalized spacial score (nSPS) is 22.8. The topological polar surface area (TPSA) is 29.9 Å². The van der Waals surface area contributed by atoms with Gasteiger partial charge in [0.25, 0.3) is 0 Å². The Morgan fingerprint density at radius 1 is 1.25 bits per heavy atom. The lowest BCUT2D eigenvalue weighted by atomic mass is 9.97. The van der Waals surface area contributed by atoms with Crippen molar-refractivity contribution in [2.24, 2.45) is 13.0 Å². The van der Waals surface area contributed by atoms with Gasteiger partial charge in [0.05, 0.1) is 5.69 Å². The van der Waals surface area contributed by atoms with Crippen molar-refractivity contribution in [3.05, 3.63) is 52.8 Å². The number of nitrogens with one attached hydrogen (secondary N) is 1. The van der Waals surface area contributed by atoms with Gasteiger partial charge in [-0.05, 0) is 44.7 Å². The standard InChI is InChI=1S/C17H23N3/c1-11-16(12(2)20(4)19-11)17(18-3)15-10-14(15)13-8-6-5-7-9-13/h5-9,14-15,17-18H,10H2,1-4H3. The van der Waals surface area contributed by atoms with Crippen LogP contribution in [0.25, 0.3) is 0 Å². The maximum absolute atomic E-state index is 4.56. The van der Waals surface area contributed by atoms with Crippen LogP contribution in [0.15, 0.2) is 30.3 Å². The van der Waals surface area contributed by atoms with E-state index in [1.165, 1.54) is 23.2 Å². The van der Waals surface area contributed by atoms with Gasteiger partial charge >= 0.3 is 0 Å². The fourth-order valence-electron chi connectivity index (χ4n) is 3.48. The van der Waals surface area contributed by atoms with Crippen molar-refractivity contribution in [3.8, 4) is 0 Å². The summed E-state index contributed by atoms with van der Waals surface area (Å²) in [5, 5.41) is 8.09. The molecule has 0 spiro atoms. The van der Waals surface area contributed by atoms with Gasteiger partial charge in [-0.1, -0.05) is 30.3 Å². The third-order valence-electron chi connectivity index (χ3n) is 4.68. The van der Waals surface area contributed by atoms with Crippen molar-refractivity contribution >= 4 is 0 Å². The quantitative estimate of drug-likeness (QED) is 0.924. The molecule has 1 saturated carbocycles. The van der Waals surface area contributed by atoms with E-state index in [2.05, 4.69) is 61.6 Å². The minimum absolute atomic E-state index is 0.411. The van der Waals surface area contributed by atoms with Gasteiger partial charge < -0.3 is 5.32 Å². The second-order valence-corrected chi connectivity index (χ2v) is 5.89. The zero-order chi connectivity index (χ0) is 14.3. The van der Waals surface area contributed by atoms with Crippen LogP contribution in [-0.4, -0.2) is 16.8 Å². The lowest BCUT2D eigenvalue weighted by molar-refractivity contribution is 0.512. The number of benzene rings is 1. The molecule has 106 valence electrons. The molecule has 20 heavy (non-hydrogen) atoms. The monoisotopic (exact) mass is 269 g/mol. The summed E-state index contributed by atoms with van der Waals surface area (Å²) in [5.41, 5.74) is 5.29. The number of nitrogens with zero attached hydrogens (tertiary/aromatic N) is 2. The highest BCUT2D eigenvalue weighted by atomic mass is 15.3. The van der Waals surface area contributed by atoms with Gasteiger partial charge in [-0.2, -0.15) is 5.10 Å². The maximum atomic E-state index is 4.56. The molecular formula is C17H23N3. The van der Waals surface area contributed by atoms with Crippen LogP contribution in [0.5, 0.6) is 0 Å². The van der Waals surface area contributed by atoms with E-state index in [4.69, 9.17) is 0 Å². The fraction of sp³-hybridized carbons (Fsp3) is 0.471. The SMILES string of the molecule is CNC(c1c(C)nn(C)c1C)C1CC1c1ccccc1. The molecule has 0 amide bonds. The van der Waals surface area contributed by atoms with E-state index in [0.717, 1.165) is 5.69 Å². The molecule has 1 aliphatic rings. The summed E-state index contributed by atoms with van der Waals surface area (Å²) >= 11 is 0. The van der Waals surface area contributed by atoms with Crippen LogP contribution in [0, 0.1) is 19.8 Å². The Hall–Kier alpha value is -1.61. The van der Waals surface area contributed by atoms with E-state index in [9.17, 15) is 0 Å². The lowest BCUT2D eigenvalue weighted by Gasteiger charge is -2.17. The first-order chi connectivity index (χ1) is 9.63. The summed E-state index contributed by atoms with van der Waals surface area (Å²) in [6.45, 7) is 4.28. The molecule has 1 aromatic carbocycles. The van der Waals surface area contributed by atoms with E-state index in [0.29, 0.717) is 17.9 Å². The smallest absolute Gasteiger partial charge is 0.0644 e. The van der Waals surface area contributed by atoms with Crippen LogP contribution in [0.1, 0.15) is 40.9 Å². The second-order valence-electron chi connectivity index (χ2n) is 5.89. The molecule has 1 fully saturated rings. The van der Waals surface area contributed by atoms with Crippen LogP contribution >= 0.6 is 0 Å². The minimum atomic E-state index is 0.411. The highest BCUT2D eigenvalue weighted by molar-refractivity contribution is 5.34. The average Bonchev–Trinajstić information content (AvgIpc) is 3.20. The Bertz CT molecular complexity index is 600. The molecule has 1 aliphatic carbocycles. The van der Waals surface area contributed by atoms with Crippen LogP contribution in [0.3, 0.4) is 0 Å². The molecule has 1 N–H and O–H groups in total. The number of hydrogen-bond donors (Lipinski definition) is 1. The Morgan fingerprint density at radius 3 is 2.50 bits per heavy atom. The molecule has 0 radical (unpaired) electrons. The summed E-state index contributed by atoms with van der Waals surface area (Å²) in [4.78, 5) is 0. The number of rotatable bonds is 4. The Balaban J connectivity index is 1.86. The fourth-order valence-corrected chi connectivity index (χ4v) is 3.48. The summed E-state index contributed by atoms with van der Waals surface area (Å²) in [5.74, 6) is 1.37. The molecule has 0 aliphatic heterocycles. The highest BCUT2D eigenvalue weighted by Crippen LogP contribution is 2.54. The molecule has 0 bridgehead atoms. The molecule has 3 atom stereocenters. The molecule has 2 aromatic rings.